The predicted octanol–water partition coefficient (Wildman–Crippen LogP) is 2.41. The predicted molar refractivity (Wildman–Crippen MR) is 45.7 cm³/mol. The van der Waals surface area contributed by atoms with Crippen LogP contribution in [0.2, 0.25) is 0 Å². The third kappa shape index (κ3) is 5.26. The van der Waals surface area contributed by atoms with Crippen molar-refractivity contribution in [2.45, 2.75) is 12.1 Å². The van der Waals surface area contributed by atoms with Gasteiger partial charge in [-0.15, -0.1) is 9.24 Å². The minimum Gasteiger partial charge on any atom is -0.134 e. The Kier molecular flexibility index (Phi) is 6.62. The van der Waals surface area contributed by atoms with Crippen LogP contribution in [0, 0.1) is 0 Å². The third-order valence-corrected chi connectivity index (χ3v) is 3.23. The molecule has 0 heterocycles. The van der Waals surface area contributed by atoms with E-state index in [0.29, 0.717) is 0 Å². The molecule has 3 heteroatoms. The zero-order valence-corrected chi connectivity index (χ0v) is 8.36. The van der Waals surface area contributed by atoms with E-state index in [2.05, 4.69) is 41.1 Å². The normalized spacial score (nSPS) is 14.1. The van der Waals surface area contributed by atoms with Gasteiger partial charge in [-0.25, -0.2) is 0 Å². The van der Waals surface area contributed by atoms with Crippen molar-refractivity contribution in [3.05, 3.63) is 0 Å². The first kappa shape index (κ1) is 8.39. The van der Waals surface area contributed by atoms with Crippen LogP contribution in [0.5, 0.6) is 0 Å². The summed E-state index contributed by atoms with van der Waals surface area (Å²) in [7, 11) is 2.78. The summed E-state index contributed by atoms with van der Waals surface area (Å²) in [5.41, 5.74) is 0.736. The molecule has 44 valence electrons. The molecule has 7 heavy (non-hydrogen) atoms. The van der Waals surface area contributed by atoms with Crippen molar-refractivity contribution < 1.29 is 0 Å². The van der Waals surface area contributed by atoms with Crippen molar-refractivity contribution in [3.8, 4) is 0 Å². The van der Waals surface area contributed by atoms with E-state index in [0.717, 1.165) is 16.3 Å². The maximum Gasteiger partial charge on any atom is 0.00945 e. The molecule has 0 aliphatic carbocycles. The molecule has 0 fully saturated rings. The van der Waals surface area contributed by atoms with E-state index in [1.54, 1.807) is 0 Å². The van der Waals surface area contributed by atoms with Crippen LogP contribution in [0.3, 0.4) is 0 Å². The molecule has 0 spiro atoms. The van der Waals surface area contributed by atoms with Crippen molar-refractivity contribution >= 4 is 41.1 Å². The van der Waals surface area contributed by atoms with Crippen LogP contribution in [0.1, 0.15) is 6.42 Å². The Morgan fingerprint density at radius 3 is 2.14 bits per heavy atom. The molecule has 2 atom stereocenters. The Morgan fingerprint density at radius 2 is 2.00 bits per heavy atom. The van der Waals surface area contributed by atoms with E-state index in [4.69, 9.17) is 0 Å². The van der Waals surface area contributed by atoms with E-state index in [-0.39, 0.29) is 0 Å². The van der Waals surface area contributed by atoms with Gasteiger partial charge in [0.2, 0.25) is 0 Å². The molecule has 0 radical (unpaired) electrons. The molecule has 0 saturated carbocycles. The number of halogens is 2. The highest BCUT2D eigenvalue weighted by Crippen LogP contribution is 2.09. The average Bonchev–Trinajstić information content (AvgIpc) is 1.68. The van der Waals surface area contributed by atoms with Crippen molar-refractivity contribution in [2.24, 2.45) is 0 Å². The van der Waals surface area contributed by atoms with Gasteiger partial charge in [0.15, 0.2) is 0 Å². The number of hydrogen-bond acceptors (Lipinski definition) is 0. The van der Waals surface area contributed by atoms with Gasteiger partial charge < -0.3 is 0 Å². The van der Waals surface area contributed by atoms with E-state index >= 15 is 0 Å². The van der Waals surface area contributed by atoms with Crippen molar-refractivity contribution in [3.63, 3.8) is 0 Å². The van der Waals surface area contributed by atoms with Gasteiger partial charge in [0, 0.05) is 10.7 Å². The second kappa shape index (κ2) is 5.53. The SMILES string of the molecule is PC(CBr)CCBr. The molecule has 0 aliphatic rings. The lowest BCUT2D eigenvalue weighted by Crippen LogP contribution is -1.97. The van der Waals surface area contributed by atoms with E-state index in [1.165, 1.54) is 6.42 Å². The number of alkyl halides is 2. The monoisotopic (exact) mass is 246 g/mol. The molecule has 0 amide bonds. The summed E-state index contributed by atoms with van der Waals surface area (Å²) < 4.78 is 0. The lowest BCUT2D eigenvalue weighted by atomic mass is 10.4. The van der Waals surface area contributed by atoms with Gasteiger partial charge in [-0.1, -0.05) is 31.9 Å². The van der Waals surface area contributed by atoms with Crippen LogP contribution in [0.25, 0.3) is 0 Å². The largest absolute Gasteiger partial charge is 0.134 e. The fourth-order valence-electron chi connectivity index (χ4n) is 0.217. The highest BCUT2D eigenvalue weighted by Gasteiger charge is 1.94. The smallest absolute Gasteiger partial charge is 0.00945 e. The average molecular weight is 248 g/mol. The summed E-state index contributed by atoms with van der Waals surface area (Å²) in [5.74, 6) is 0. The fraction of sp³-hybridized carbons (Fsp3) is 1.00. The molecule has 0 aromatic rings. The van der Waals surface area contributed by atoms with Gasteiger partial charge in [0.25, 0.3) is 0 Å². The van der Waals surface area contributed by atoms with Crippen LogP contribution in [-0.4, -0.2) is 16.3 Å². The molecule has 0 rings (SSSR count). The van der Waals surface area contributed by atoms with Crippen LogP contribution < -0.4 is 0 Å². The second-order valence-electron chi connectivity index (χ2n) is 1.39. The first-order valence-corrected chi connectivity index (χ1v) is 5.09. The van der Waals surface area contributed by atoms with Gasteiger partial charge in [0.05, 0.1) is 0 Å². The topological polar surface area (TPSA) is 0 Å². The zero-order valence-electron chi connectivity index (χ0n) is 4.03. The van der Waals surface area contributed by atoms with E-state index < -0.39 is 0 Å². The van der Waals surface area contributed by atoms with Crippen molar-refractivity contribution in [1.29, 1.82) is 0 Å². The quantitative estimate of drug-likeness (QED) is 0.531. The molecule has 0 nitrogen and oxygen atoms in total. The summed E-state index contributed by atoms with van der Waals surface area (Å²) in [6.45, 7) is 0. The molecule has 0 aromatic carbocycles. The van der Waals surface area contributed by atoms with E-state index in [9.17, 15) is 0 Å². The molecule has 0 N–H and O–H groups in total. The summed E-state index contributed by atoms with van der Waals surface area (Å²) in [6.07, 6.45) is 1.23. The number of hydrogen-bond donors (Lipinski definition) is 0. The molecular formula is C4H9Br2P. The molecule has 0 aliphatic heterocycles. The Labute approximate surface area is 63.9 Å². The van der Waals surface area contributed by atoms with Crippen LogP contribution in [-0.2, 0) is 0 Å². The van der Waals surface area contributed by atoms with Gasteiger partial charge in [-0.3, -0.25) is 0 Å². The number of rotatable bonds is 3. The van der Waals surface area contributed by atoms with Crippen LogP contribution in [0.15, 0.2) is 0 Å². The molecular weight excluding hydrogens is 239 g/mol. The van der Waals surface area contributed by atoms with Crippen molar-refractivity contribution in [2.75, 3.05) is 10.7 Å². The Bertz CT molecular complexity index is 40.7. The summed E-state index contributed by atoms with van der Waals surface area (Å²) in [5, 5.41) is 2.19. The zero-order chi connectivity index (χ0) is 5.70. The highest BCUT2D eigenvalue weighted by atomic mass is 79.9. The van der Waals surface area contributed by atoms with Gasteiger partial charge in [-0.2, -0.15) is 0 Å². The Hall–Kier alpha value is 1.39. The van der Waals surface area contributed by atoms with Gasteiger partial charge in [0.1, 0.15) is 0 Å². The van der Waals surface area contributed by atoms with Gasteiger partial charge in [-0.05, 0) is 12.1 Å². The summed E-state index contributed by atoms with van der Waals surface area (Å²) >= 11 is 6.73. The van der Waals surface area contributed by atoms with Crippen LogP contribution in [0.4, 0.5) is 0 Å². The maximum absolute atomic E-state index is 3.37. The summed E-state index contributed by atoms with van der Waals surface area (Å²) in [6, 6.07) is 0. The molecule has 0 bridgehead atoms. The van der Waals surface area contributed by atoms with E-state index in [1.807, 2.05) is 0 Å². The first-order chi connectivity index (χ1) is 3.31. The first-order valence-electron chi connectivity index (χ1n) is 2.18. The highest BCUT2D eigenvalue weighted by molar-refractivity contribution is 9.09. The minimum absolute atomic E-state index is 0.736. The molecule has 0 aromatic heterocycles. The van der Waals surface area contributed by atoms with Crippen LogP contribution >= 0.6 is 41.1 Å². The lowest BCUT2D eigenvalue weighted by molar-refractivity contribution is 0.941. The van der Waals surface area contributed by atoms with Crippen molar-refractivity contribution in [1.82, 2.24) is 0 Å². The molecule has 0 saturated heterocycles. The summed E-state index contributed by atoms with van der Waals surface area (Å²) in [4.78, 5) is 0. The lowest BCUT2D eigenvalue weighted by Gasteiger charge is -2.00. The third-order valence-electron chi connectivity index (χ3n) is 0.678. The minimum atomic E-state index is 0.736. The molecule has 2 unspecified atom stereocenters. The fourth-order valence-corrected chi connectivity index (χ4v) is 1.78. The standard InChI is InChI=1S/C4H9Br2P/c5-2-1-4(7)3-6/h4H,1-3,7H2. The Balaban J connectivity index is 2.83. The second-order valence-corrected chi connectivity index (χ2v) is 3.78. The Morgan fingerprint density at radius 1 is 1.43 bits per heavy atom. The maximum atomic E-state index is 3.37. The van der Waals surface area contributed by atoms with Gasteiger partial charge >= 0.3 is 0 Å².